The number of pyridine rings is 1. The van der Waals surface area contributed by atoms with Gasteiger partial charge in [-0.1, -0.05) is 0 Å². The molecule has 0 spiro atoms. The molecule has 0 unspecified atom stereocenters. The van der Waals surface area contributed by atoms with E-state index in [0.29, 0.717) is 11.8 Å². The number of hydrogen-bond acceptors (Lipinski definition) is 5. The molecule has 0 atom stereocenters. The first-order valence-corrected chi connectivity index (χ1v) is 9.21. The number of rotatable bonds is 3. The van der Waals surface area contributed by atoms with Crippen LogP contribution < -0.4 is 0 Å². The van der Waals surface area contributed by atoms with Gasteiger partial charge in [0.25, 0.3) is 0 Å². The summed E-state index contributed by atoms with van der Waals surface area (Å²) in [6.45, 7) is 1.61. The van der Waals surface area contributed by atoms with Crippen molar-refractivity contribution in [2.45, 2.75) is 31.6 Å². The summed E-state index contributed by atoms with van der Waals surface area (Å²) < 4.78 is 1.85. The topological polar surface area (TPSA) is 76.3 Å². The van der Waals surface area contributed by atoms with Crippen LogP contribution in [0.5, 0.6) is 0 Å². The fourth-order valence-corrected chi connectivity index (χ4v) is 3.67. The largest absolute Gasteiger partial charge is 0.342 e. The molecule has 1 aliphatic heterocycles. The Hall–Kier alpha value is -2.83. The van der Waals surface area contributed by atoms with Gasteiger partial charge < -0.3 is 4.90 Å². The van der Waals surface area contributed by atoms with Gasteiger partial charge >= 0.3 is 0 Å². The Labute approximate surface area is 151 Å². The molecule has 3 aromatic heterocycles. The molecule has 7 heteroatoms. The molecule has 0 radical (unpaired) electrons. The average molecular weight is 348 g/mol. The zero-order valence-corrected chi connectivity index (χ0v) is 14.5. The molecule has 132 valence electrons. The molecule has 1 saturated heterocycles. The summed E-state index contributed by atoms with van der Waals surface area (Å²) in [4.78, 5) is 18.4. The van der Waals surface area contributed by atoms with Crippen molar-refractivity contribution < 1.29 is 4.79 Å². The summed E-state index contributed by atoms with van der Waals surface area (Å²) in [7, 11) is 0. The van der Waals surface area contributed by atoms with Crippen molar-refractivity contribution in [3.63, 3.8) is 0 Å². The average Bonchev–Trinajstić information content (AvgIpc) is 3.47. The molecule has 0 N–H and O–H groups in total. The molecule has 26 heavy (non-hydrogen) atoms. The Morgan fingerprint density at radius 3 is 2.62 bits per heavy atom. The fourth-order valence-electron chi connectivity index (χ4n) is 3.67. The molecule has 0 bridgehead atoms. The quantitative estimate of drug-likeness (QED) is 0.726. The first-order valence-electron chi connectivity index (χ1n) is 9.21. The van der Waals surface area contributed by atoms with E-state index in [0.717, 1.165) is 61.5 Å². The van der Waals surface area contributed by atoms with Gasteiger partial charge in [-0.3, -0.25) is 9.78 Å². The van der Waals surface area contributed by atoms with Crippen molar-refractivity contribution in [2.75, 3.05) is 13.1 Å². The van der Waals surface area contributed by atoms with Gasteiger partial charge in [0.15, 0.2) is 11.5 Å². The Morgan fingerprint density at radius 2 is 1.88 bits per heavy atom. The summed E-state index contributed by atoms with van der Waals surface area (Å²) in [5.41, 5.74) is 2.58. The van der Waals surface area contributed by atoms with Gasteiger partial charge in [0.05, 0.1) is 5.69 Å². The maximum atomic E-state index is 12.2. The van der Waals surface area contributed by atoms with Gasteiger partial charge in [0.1, 0.15) is 0 Å². The lowest BCUT2D eigenvalue weighted by Gasteiger charge is -2.31. The third-order valence-corrected chi connectivity index (χ3v) is 5.34. The molecule has 2 aliphatic rings. The second-order valence-corrected chi connectivity index (χ2v) is 7.16. The summed E-state index contributed by atoms with van der Waals surface area (Å²) in [6.07, 6.45) is 7.52. The number of likely N-dealkylation sites (tertiary alicyclic amines) is 1. The third kappa shape index (κ3) is 2.73. The Bertz CT molecular complexity index is 941. The summed E-state index contributed by atoms with van der Waals surface area (Å²) in [6, 6.07) is 7.79. The Kier molecular flexibility index (Phi) is 3.65. The third-order valence-electron chi connectivity index (χ3n) is 5.34. The van der Waals surface area contributed by atoms with Crippen LogP contribution in [0.1, 0.15) is 37.4 Å². The fraction of sp³-hybridized carbons (Fsp3) is 0.421. The molecule has 4 heterocycles. The highest BCUT2D eigenvalue weighted by Gasteiger charge is 2.35. The number of carbonyl (C=O) groups excluding carboxylic acids is 1. The summed E-state index contributed by atoms with van der Waals surface area (Å²) in [5, 5.41) is 13.4. The van der Waals surface area contributed by atoms with Crippen LogP contribution in [0.25, 0.3) is 16.9 Å². The number of aromatic nitrogens is 5. The molecular weight excluding hydrogens is 328 g/mol. The number of carbonyl (C=O) groups is 1. The molecule has 2 fully saturated rings. The van der Waals surface area contributed by atoms with Crippen molar-refractivity contribution >= 4 is 11.6 Å². The number of amides is 1. The van der Waals surface area contributed by atoms with Crippen LogP contribution in [0.15, 0.2) is 36.7 Å². The lowest BCUT2D eigenvalue weighted by Crippen LogP contribution is -2.39. The normalized spacial score (nSPS) is 18.4. The zero-order chi connectivity index (χ0) is 17.5. The molecule has 5 rings (SSSR count). The van der Waals surface area contributed by atoms with E-state index in [2.05, 4.69) is 15.2 Å². The molecule has 1 aliphatic carbocycles. The maximum absolute atomic E-state index is 12.2. The van der Waals surface area contributed by atoms with Crippen molar-refractivity contribution in [3.8, 4) is 11.3 Å². The minimum atomic E-state index is 0.282. The number of fused-ring (bicyclic) bond motifs is 1. The van der Waals surface area contributed by atoms with Gasteiger partial charge in [-0.25, -0.2) is 0 Å². The first kappa shape index (κ1) is 15.4. The monoisotopic (exact) mass is 348 g/mol. The van der Waals surface area contributed by atoms with E-state index in [1.807, 2.05) is 33.7 Å². The lowest BCUT2D eigenvalue weighted by atomic mass is 9.96. The van der Waals surface area contributed by atoms with Crippen molar-refractivity contribution in [1.29, 1.82) is 0 Å². The molecule has 3 aromatic rings. The maximum Gasteiger partial charge on any atom is 0.225 e. The van der Waals surface area contributed by atoms with E-state index < -0.39 is 0 Å². The molecule has 1 amide bonds. The van der Waals surface area contributed by atoms with Crippen LogP contribution >= 0.6 is 0 Å². The Balaban J connectivity index is 1.40. The van der Waals surface area contributed by atoms with Crippen molar-refractivity contribution in [1.82, 2.24) is 29.7 Å². The predicted molar refractivity (Wildman–Crippen MR) is 95.3 cm³/mol. The van der Waals surface area contributed by atoms with Crippen molar-refractivity contribution in [2.24, 2.45) is 5.92 Å². The van der Waals surface area contributed by atoms with Gasteiger partial charge in [0.2, 0.25) is 5.91 Å². The SMILES string of the molecule is O=C(C1CC1)N1CCC(c2nnc3ccc(-c4cccnc4)nn23)CC1. The van der Waals surface area contributed by atoms with E-state index in [1.54, 1.807) is 12.4 Å². The molecule has 0 aromatic carbocycles. The molecule has 1 saturated carbocycles. The van der Waals surface area contributed by atoms with Gasteiger partial charge in [-0.05, 0) is 49.9 Å². The standard InChI is InChI=1S/C19H20N6O/c26-19(14-3-4-14)24-10-7-13(8-11-24)18-22-21-17-6-5-16(23-25(17)18)15-2-1-9-20-12-15/h1-2,5-6,9,12-14H,3-4,7-8,10-11H2. The van der Waals surface area contributed by atoms with E-state index in [4.69, 9.17) is 5.10 Å². The highest BCUT2D eigenvalue weighted by atomic mass is 16.2. The predicted octanol–water partition coefficient (Wildman–Crippen LogP) is 2.30. The van der Waals surface area contributed by atoms with Gasteiger partial charge in [-0.15, -0.1) is 10.2 Å². The smallest absolute Gasteiger partial charge is 0.225 e. The molecule has 7 nitrogen and oxygen atoms in total. The Morgan fingerprint density at radius 1 is 1.04 bits per heavy atom. The minimum absolute atomic E-state index is 0.282. The number of nitrogens with zero attached hydrogens (tertiary/aromatic N) is 6. The second kappa shape index (κ2) is 6.16. The van der Waals surface area contributed by atoms with E-state index in [1.165, 1.54) is 0 Å². The zero-order valence-electron chi connectivity index (χ0n) is 14.5. The minimum Gasteiger partial charge on any atom is -0.342 e. The first-order chi connectivity index (χ1) is 12.8. The molecular formula is C19H20N6O. The van der Waals surface area contributed by atoms with E-state index in [9.17, 15) is 4.79 Å². The van der Waals surface area contributed by atoms with Crippen LogP contribution in [0, 0.1) is 5.92 Å². The van der Waals surface area contributed by atoms with Crippen LogP contribution in [-0.4, -0.2) is 48.7 Å². The van der Waals surface area contributed by atoms with E-state index >= 15 is 0 Å². The summed E-state index contributed by atoms with van der Waals surface area (Å²) >= 11 is 0. The van der Waals surface area contributed by atoms with Crippen LogP contribution in [0.2, 0.25) is 0 Å². The van der Waals surface area contributed by atoms with Crippen molar-refractivity contribution in [3.05, 3.63) is 42.5 Å². The lowest BCUT2D eigenvalue weighted by molar-refractivity contribution is -0.133. The van der Waals surface area contributed by atoms with Crippen LogP contribution in [0.4, 0.5) is 0 Å². The highest BCUT2D eigenvalue weighted by Crippen LogP contribution is 2.34. The second-order valence-electron chi connectivity index (χ2n) is 7.16. The highest BCUT2D eigenvalue weighted by molar-refractivity contribution is 5.81. The number of piperidine rings is 1. The number of hydrogen-bond donors (Lipinski definition) is 0. The summed E-state index contributed by atoms with van der Waals surface area (Å²) in [5.74, 6) is 1.81. The van der Waals surface area contributed by atoms with Gasteiger partial charge in [0, 0.05) is 42.9 Å². The van der Waals surface area contributed by atoms with Crippen LogP contribution in [0.3, 0.4) is 0 Å². The van der Waals surface area contributed by atoms with E-state index in [-0.39, 0.29) is 5.92 Å². The van der Waals surface area contributed by atoms with Crippen LogP contribution in [-0.2, 0) is 4.79 Å². The van der Waals surface area contributed by atoms with Gasteiger partial charge in [-0.2, -0.15) is 9.61 Å².